The Kier molecular flexibility index (Phi) is 20.7. The van der Waals surface area contributed by atoms with Crippen LogP contribution in [0, 0.1) is 0 Å². The maximum Gasteiger partial charge on any atom is 0.0704 e. The lowest BCUT2D eigenvalue weighted by molar-refractivity contribution is -0.0121. The van der Waals surface area contributed by atoms with E-state index in [2.05, 4.69) is 13.8 Å². The molecule has 0 aliphatic rings. The maximum atomic E-state index is 8.55. The molecule has 0 aromatic rings. The Bertz CT molecular complexity index is 224. The van der Waals surface area contributed by atoms with Crippen LogP contribution in [0.1, 0.15) is 84.5 Å². The highest BCUT2D eigenvalue weighted by molar-refractivity contribution is 4.53. The highest BCUT2D eigenvalue weighted by atomic mass is 16.5. The van der Waals surface area contributed by atoms with E-state index >= 15 is 0 Å². The zero-order valence-electron chi connectivity index (χ0n) is 16.3. The Balaban J connectivity index is 3.11. The lowest BCUT2D eigenvalue weighted by atomic mass is 10.0. The molecule has 24 heavy (non-hydrogen) atoms. The van der Waals surface area contributed by atoms with Crippen molar-refractivity contribution in [3.63, 3.8) is 0 Å². The summed E-state index contributed by atoms with van der Waals surface area (Å²) in [5.41, 5.74) is 0. The lowest BCUT2D eigenvalue weighted by Crippen LogP contribution is -2.15. The maximum absolute atomic E-state index is 8.55. The monoisotopic (exact) mass is 346 g/mol. The van der Waals surface area contributed by atoms with Crippen LogP contribution in [0.15, 0.2) is 0 Å². The van der Waals surface area contributed by atoms with Crippen molar-refractivity contribution in [1.29, 1.82) is 0 Å². The summed E-state index contributed by atoms with van der Waals surface area (Å²) in [6.45, 7) is 7.25. The number of rotatable bonds is 20. The van der Waals surface area contributed by atoms with Gasteiger partial charge >= 0.3 is 0 Å². The third-order valence-electron chi connectivity index (χ3n) is 4.20. The van der Waals surface area contributed by atoms with E-state index < -0.39 is 0 Å². The Morgan fingerprint density at radius 2 is 1.17 bits per heavy atom. The molecule has 1 atom stereocenters. The second kappa shape index (κ2) is 20.9. The van der Waals surface area contributed by atoms with Crippen LogP contribution in [-0.4, -0.2) is 50.9 Å². The van der Waals surface area contributed by atoms with Crippen LogP contribution in [0.5, 0.6) is 0 Å². The van der Waals surface area contributed by atoms with Crippen LogP contribution in [-0.2, 0) is 14.2 Å². The van der Waals surface area contributed by atoms with Crippen molar-refractivity contribution in [2.75, 3.05) is 39.6 Å². The van der Waals surface area contributed by atoms with Gasteiger partial charge < -0.3 is 19.3 Å². The topological polar surface area (TPSA) is 47.9 Å². The fraction of sp³-hybridized carbons (Fsp3) is 1.00. The van der Waals surface area contributed by atoms with Crippen LogP contribution in [0.4, 0.5) is 0 Å². The quantitative estimate of drug-likeness (QED) is 0.324. The molecule has 0 amide bonds. The van der Waals surface area contributed by atoms with Crippen molar-refractivity contribution in [2.45, 2.75) is 90.6 Å². The average molecular weight is 347 g/mol. The number of hydrogen-bond donors (Lipinski definition) is 1. The van der Waals surface area contributed by atoms with Gasteiger partial charge in [-0.1, -0.05) is 71.1 Å². The summed E-state index contributed by atoms with van der Waals surface area (Å²) >= 11 is 0. The molecule has 0 aromatic carbocycles. The minimum absolute atomic E-state index is 0.0690. The van der Waals surface area contributed by atoms with Gasteiger partial charge in [0.1, 0.15) is 0 Å². The second-order valence-electron chi connectivity index (χ2n) is 6.60. The van der Waals surface area contributed by atoms with E-state index in [0.29, 0.717) is 39.1 Å². The molecule has 0 heterocycles. The second-order valence-corrected chi connectivity index (χ2v) is 6.60. The Labute approximate surface area is 150 Å². The summed E-state index contributed by atoms with van der Waals surface area (Å²) in [6, 6.07) is 0. The molecular weight excluding hydrogens is 304 g/mol. The Morgan fingerprint density at radius 3 is 1.75 bits per heavy atom. The van der Waals surface area contributed by atoms with Crippen molar-refractivity contribution < 1.29 is 19.3 Å². The van der Waals surface area contributed by atoms with Gasteiger partial charge in [0.25, 0.3) is 0 Å². The average Bonchev–Trinajstić information content (AvgIpc) is 2.59. The summed E-state index contributed by atoms with van der Waals surface area (Å²) in [7, 11) is 0. The summed E-state index contributed by atoms with van der Waals surface area (Å²) in [4.78, 5) is 0. The molecule has 4 heteroatoms. The van der Waals surface area contributed by atoms with Gasteiger partial charge in [0.2, 0.25) is 0 Å². The van der Waals surface area contributed by atoms with Gasteiger partial charge in [-0.25, -0.2) is 0 Å². The largest absolute Gasteiger partial charge is 0.394 e. The fourth-order valence-electron chi connectivity index (χ4n) is 2.70. The summed E-state index contributed by atoms with van der Waals surface area (Å²) < 4.78 is 16.3. The van der Waals surface area contributed by atoms with Gasteiger partial charge in [-0.2, -0.15) is 0 Å². The predicted octanol–water partition coefficient (Wildman–Crippen LogP) is 4.73. The number of aliphatic hydroxyl groups is 1. The van der Waals surface area contributed by atoms with E-state index in [-0.39, 0.29) is 6.61 Å². The SMILES string of the molecule is CCCCCCCCCCCCC(C)OCCOCCOCCO. The standard InChI is InChI=1S/C20H42O4/c1-3-4-5-6-7-8-9-10-11-12-13-20(2)24-19-18-23-17-16-22-15-14-21/h20-21H,3-19H2,1-2H3. The first-order valence-electron chi connectivity index (χ1n) is 10.2. The van der Waals surface area contributed by atoms with Crippen LogP contribution in [0.25, 0.3) is 0 Å². The zero-order valence-corrected chi connectivity index (χ0v) is 16.3. The summed E-state index contributed by atoms with van der Waals surface area (Å²) in [5, 5.41) is 8.55. The molecule has 0 aromatic heterocycles. The van der Waals surface area contributed by atoms with E-state index in [1.807, 2.05) is 0 Å². The molecule has 0 spiro atoms. The molecule has 0 saturated heterocycles. The minimum atomic E-state index is 0.0690. The molecule has 0 bridgehead atoms. The molecule has 0 saturated carbocycles. The molecule has 0 radical (unpaired) electrons. The molecule has 1 unspecified atom stereocenters. The van der Waals surface area contributed by atoms with Crippen molar-refractivity contribution in [2.24, 2.45) is 0 Å². The van der Waals surface area contributed by atoms with Crippen molar-refractivity contribution >= 4 is 0 Å². The van der Waals surface area contributed by atoms with Crippen LogP contribution < -0.4 is 0 Å². The van der Waals surface area contributed by atoms with E-state index in [0.717, 1.165) is 6.42 Å². The van der Waals surface area contributed by atoms with Gasteiger partial charge in [0, 0.05) is 0 Å². The van der Waals surface area contributed by atoms with E-state index in [1.165, 1.54) is 64.2 Å². The first-order valence-corrected chi connectivity index (χ1v) is 10.2. The van der Waals surface area contributed by atoms with Gasteiger partial charge in [0.15, 0.2) is 0 Å². The predicted molar refractivity (Wildman–Crippen MR) is 101 cm³/mol. The van der Waals surface area contributed by atoms with Crippen LogP contribution in [0.3, 0.4) is 0 Å². The smallest absolute Gasteiger partial charge is 0.0704 e. The first-order chi connectivity index (χ1) is 11.8. The lowest BCUT2D eigenvalue weighted by Gasteiger charge is -2.13. The highest BCUT2D eigenvalue weighted by Crippen LogP contribution is 2.12. The third-order valence-corrected chi connectivity index (χ3v) is 4.20. The number of ether oxygens (including phenoxy) is 3. The zero-order chi connectivity index (χ0) is 17.7. The highest BCUT2D eigenvalue weighted by Gasteiger charge is 2.02. The van der Waals surface area contributed by atoms with Gasteiger partial charge in [-0.15, -0.1) is 0 Å². The van der Waals surface area contributed by atoms with Crippen LogP contribution >= 0.6 is 0 Å². The normalized spacial score (nSPS) is 12.6. The number of hydrogen-bond acceptors (Lipinski definition) is 4. The number of unbranched alkanes of at least 4 members (excludes halogenated alkanes) is 9. The molecule has 0 fully saturated rings. The van der Waals surface area contributed by atoms with Crippen molar-refractivity contribution in [1.82, 2.24) is 0 Å². The summed E-state index contributed by atoms with van der Waals surface area (Å²) in [5.74, 6) is 0. The molecule has 0 rings (SSSR count). The van der Waals surface area contributed by atoms with Gasteiger partial charge in [0.05, 0.1) is 45.7 Å². The minimum Gasteiger partial charge on any atom is -0.394 e. The van der Waals surface area contributed by atoms with E-state index in [4.69, 9.17) is 19.3 Å². The Hall–Kier alpha value is -0.160. The van der Waals surface area contributed by atoms with Gasteiger partial charge in [-0.3, -0.25) is 0 Å². The molecule has 4 nitrogen and oxygen atoms in total. The van der Waals surface area contributed by atoms with Crippen molar-refractivity contribution in [3.8, 4) is 0 Å². The fourth-order valence-corrected chi connectivity index (χ4v) is 2.70. The summed E-state index contributed by atoms with van der Waals surface area (Å²) in [6.07, 6.45) is 15.3. The van der Waals surface area contributed by atoms with Gasteiger partial charge in [-0.05, 0) is 13.3 Å². The van der Waals surface area contributed by atoms with E-state index in [1.54, 1.807) is 0 Å². The number of aliphatic hydroxyl groups excluding tert-OH is 1. The molecule has 1 N–H and O–H groups in total. The van der Waals surface area contributed by atoms with Crippen molar-refractivity contribution in [3.05, 3.63) is 0 Å². The molecule has 0 aliphatic carbocycles. The molecular formula is C20H42O4. The Morgan fingerprint density at radius 1 is 0.667 bits per heavy atom. The first kappa shape index (κ1) is 23.8. The molecule has 0 aliphatic heterocycles. The van der Waals surface area contributed by atoms with E-state index in [9.17, 15) is 0 Å². The van der Waals surface area contributed by atoms with Crippen LogP contribution in [0.2, 0.25) is 0 Å². The third kappa shape index (κ3) is 19.9. The molecule has 146 valence electrons.